The summed E-state index contributed by atoms with van der Waals surface area (Å²) in [6.07, 6.45) is 5.41. The first-order valence-electron chi connectivity index (χ1n) is 7.28. The summed E-state index contributed by atoms with van der Waals surface area (Å²) in [5.74, 6) is 0.230. The number of nitrogens with zero attached hydrogens (tertiary/aromatic N) is 4. The van der Waals surface area contributed by atoms with Gasteiger partial charge in [0.05, 0.1) is 17.9 Å². The van der Waals surface area contributed by atoms with Crippen molar-refractivity contribution in [2.45, 2.75) is 31.5 Å². The van der Waals surface area contributed by atoms with Crippen molar-refractivity contribution in [1.29, 1.82) is 0 Å². The smallest absolute Gasteiger partial charge is 0.229 e. The van der Waals surface area contributed by atoms with E-state index in [-0.39, 0.29) is 5.91 Å². The van der Waals surface area contributed by atoms with Crippen LogP contribution in [-0.4, -0.2) is 39.2 Å². The van der Waals surface area contributed by atoms with E-state index in [1.165, 1.54) is 5.56 Å². The van der Waals surface area contributed by atoms with Crippen LogP contribution in [-0.2, 0) is 18.4 Å². The standard InChI is InChI=1S/C15H18N4OS/c1-17-9-12(7-16-17)19-13-2-4-18(14(13)6-15(19)20)8-11-3-5-21-10-11/h3,5,7,9-10,13-14H,2,4,6,8H2,1H3/t13-,14+/m1/s1. The largest absolute Gasteiger partial charge is 0.305 e. The number of carbonyl (C=O) groups is 1. The Morgan fingerprint density at radius 2 is 2.33 bits per heavy atom. The van der Waals surface area contributed by atoms with Crippen molar-refractivity contribution in [1.82, 2.24) is 14.7 Å². The Kier molecular flexibility index (Phi) is 3.08. The molecule has 0 aromatic carbocycles. The SMILES string of the molecule is Cn1cc(N2C(=O)C[C@H]3[C@H]2CCN3Cc2ccsc2)cn1. The maximum atomic E-state index is 12.4. The van der Waals surface area contributed by atoms with E-state index >= 15 is 0 Å². The van der Waals surface area contributed by atoms with Gasteiger partial charge in [-0.2, -0.15) is 16.4 Å². The van der Waals surface area contributed by atoms with Gasteiger partial charge in [-0.3, -0.25) is 14.4 Å². The highest BCUT2D eigenvalue weighted by Gasteiger charge is 2.47. The lowest BCUT2D eigenvalue weighted by Gasteiger charge is -2.24. The van der Waals surface area contributed by atoms with Crippen molar-refractivity contribution in [3.8, 4) is 0 Å². The van der Waals surface area contributed by atoms with Crippen molar-refractivity contribution < 1.29 is 4.79 Å². The van der Waals surface area contributed by atoms with Crippen LogP contribution in [0.4, 0.5) is 5.69 Å². The molecule has 2 aromatic rings. The van der Waals surface area contributed by atoms with Crippen LogP contribution in [0.2, 0.25) is 0 Å². The summed E-state index contributed by atoms with van der Waals surface area (Å²) in [5, 5.41) is 8.51. The van der Waals surface area contributed by atoms with E-state index in [1.54, 1.807) is 22.2 Å². The average Bonchev–Trinajstić information content (AvgIpc) is 3.18. The highest BCUT2D eigenvalue weighted by molar-refractivity contribution is 7.07. The zero-order chi connectivity index (χ0) is 14.4. The molecule has 110 valence electrons. The van der Waals surface area contributed by atoms with Crippen LogP contribution in [0, 0.1) is 0 Å². The molecular weight excluding hydrogens is 284 g/mol. The Morgan fingerprint density at radius 3 is 3.05 bits per heavy atom. The van der Waals surface area contributed by atoms with E-state index in [1.807, 2.05) is 18.1 Å². The molecule has 5 nitrogen and oxygen atoms in total. The summed E-state index contributed by atoms with van der Waals surface area (Å²) in [7, 11) is 1.89. The Morgan fingerprint density at radius 1 is 1.43 bits per heavy atom. The van der Waals surface area contributed by atoms with Crippen LogP contribution in [0.1, 0.15) is 18.4 Å². The van der Waals surface area contributed by atoms with E-state index in [0.717, 1.165) is 25.2 Å². The summed E-state index contributed by atoms with van der Waals surface area (Å²) in [5.41, 5.74) is 2.29. The van der Waals surface area contributed by atoms with Crippen LogP contribution < -0.4 is 4.90 Å². The lowest BCUT2D eigenvalue weighted by molar-refractivity contribution is -0.117. The molecule has 0 N–H and O–H groups in total. The van der Waals surface area contributed by atoms with Crippen molar-refractivity contribution in [3.63, 3.8) is 0 Å². The third-order valence-electron chi connectivity index (χ3n) is 4.54. The molecule has 4 heterocycles. The Bertz CT molecular complexity index is 650. The number of aromatic nitrogens is 2. The highest BCUT2D eigenvalue weighted by Crippen LogP contribution is 2.36. The van der Waals surface area contributed by atoms with Crippen LogP contribution in [0.3, 0.4) is 0 Å². The van der Waals surface area contributed by atoms with Gasteiger partial charge in [-0.15, -0.1) is 0 Å². The van der Waals surface area contributed by atoms with E-state index in [9.17, 15) is 4.79 Å². The quantitative estimate of drug-likeness (QED) is 0.869. The molecule has 0 radical (unpaired) electrons. The Balaban J connectivity index is 1.55. The van der Waals surface area contributed by atoms with Crippen LogP contribution in [0.5, 0.6) is 0 Å². The summed E-state index contributed by atoms with van der Waals surface area (Å²) >= 11 is 1.73. The minimum atomic E-state index is 0.230. The van der Waals surface area contributed by atoms with E-state index in [0.29, 0.717) is 18.5 Å². The zero-order valence-corrected chi connectivity index (χ0v) is 12.8. The highest BCUT2D eigenvalue weighted by atomic mass is 32.1. The molecular formula is C15H18N4OS. The second-order valence-corrected chi connectivity index (χ2v) is 6.65. The molecule has 2 aliphatic rings. The van der Waals surface area contributed by atoms with Gasteiger partial charge >= 0.3 is 0 Å². The second kappa shape index (κ2) is 4.96. The van der Waals surface area contributed by atoms with Crippen LogP contribution in [0.25, 0.3) is 0 Å². The first kappa shape index (κ1) is 13.0. The molecule has 2 fully saturated rings. The van der Waals surface area contributed by atoms with Gasteiger partial charge in [0.2, 0.25) is 5.91 Å². The van der Waals surface area contributed by atoms with Gasteiger partial charge in [-0.25, -0.2) is 0 Å². The molecule has 2 aromatic heterocycles. The molecule has 0 spiro atoms. The molecule has 0 saturated carbocycles. The Labute approximate surface area is 127 Å². The number of aryl methyl sites for hydroxylation is 1. The lowest BCUT2D eigenvalue weighted by atomic mass is 10.1. The van der Waals surface area contributed by atoms with Gasteiger partial charge < -0.3 is 4.90 Å². The third kappa shape index (κ3) is 2.18. The van der Waals surface area contributed by atoms with Gasteiger partial charge in [0, 0.05) is 38.8 Å². The number of anilines is 1. The predicted octanol–water partition coefficient (Wildman–Crippen LogP) is 1.86. The van der Waals surface area contributed by atoms with Crippen molar-refractivity contribution >= 4 is 22.9 Å². The molecule has 0 aliphatic carbocycles. The van der Waals surface area contributed by atoms with Crippen molar-refractivity contribution in [2.75, 3.05) is 11.4 Å². The zero-order valence-electron chi connectivity index (χ0n) is 12.0. The number of hydrogen-bond donors (Lipinski definition) is 0. The third-order valence-corrected chi connectivity index (χ3v) is 5.28. The van der Waals surface area contributed by atoms with Crippen LogP contribution >= 0.6 is 11.3 Å². The minimum absolute atomic E-state index is 0.230. The maximum absolute atomic E-state index is 12.4. The summed E-state index contributed by atoms with van der Waals surface area (Å²) in [6.45, 7) is 2.02. The summed E-state index contributed by atoms with van der Waals surface area (Å²) < 4.78 is 1.76. The molecule has 2 saturated heterocycles. The van der Waals surface area contributed by atoms with Crippen molar-refractivity contribution in [2.24, 2.45) is 7.05 Å². The number of thiophene rings is 1. The fraction of sp³-hybridized carbons (Fsp3) is 0.467. The van der Waals surface area contributed by atoms with Gasteiger partial charge in [0.25, 0.3) is 0 Å². The maximum Gasteiger partial charge on any atom is 0.229 e. The normalized spacial score (nSPS) is 25.8. The monoisotopic (exact) mass is 302 g/mol. The molecule has 4 rings (SSSR count). The predicted molar refractivity (Wildman–Crippen MR) is 82.2 cm³/mol. The van der Waals surface area contributed by atoms with E-state index < -0.39 is 0 Å². The first-order chi connectivity index (χ1) is 10.2. The molecule has 6 heteroatoms. The molecule has 2 aliphatic heterocycles. The molecule has 0 bridgehead atoms. The van der Waals surface area contributed by atoms with Crippen LogP contribution in [0.15, 0.2) is 29.2 Å². The summed E-state index contributed by atoms with van der Waals surface area (Å²) in [6, 6.07) is 2.83. The Hall–Kier alpha value is -1.66. The fourth-order valence-corrected chi connectivity index (χ4v) is 4.27. The van der Waals surface area contributed by atoms with E-state index in [2.05, 4.69) is 26.8 Å². The topological polar surface area (TPSA) is 41.4 Å². The number of carbonyl (C=O) groups excluding carboxylic acids is 1. The molecule has 2 atom stereocenters. The van der Waals surface area contributed by atoms with Gasteiger partial charge in [0.15, 0.2) is 0 Å². The van der Waals surface area contributed by atoms with Gasteiger partial charge in [-0.05, 0) is 28.8 Å². The van der Waals surface area contributed by atoms with E-state index in [4.69, 9.17) is 0 Å². The molecule has 21 heavy (non-hydrogen) atoms. The summed E-state index contributed by atoms with van der Waals surface area (Å²) in [4.78, 5) is 16.8. The minimum Gasteiger partial charge on any atom is -0.305 e. The number of rotatable bonds is 3. The average molecular weight is 302 g/mol. The van der Waals surface area contributed by atoms with Crippen molar-refractivity contribution in [3.05, 3.63) is 34.8 Å². The van der Waals surface area contributed by atoms with Gasteiger partial charge in [0.1, 0.15) is 0 Å². The number of fused-ring (bicyclic) bond motifs is 1. The molecule has 0 unspecified atom stereocenters. The molecule has 1 amide bonds. The number of hydrogen-bond acceptors (Lipinski definition) is 4. The second-order valence-electron chi connectivity index (χ2n) is 5.87. The fourth-order valence-electron chi connectivity index (χ4n) is 3.61. The van der Waals surface area contributed by atoms with Gasteiger partial charge in [-0.1, -0.05) is 0 Å². The number of likely N-dealkylation sites (tertiary alicyclic amines) is 1. The first-order valence-corrected chi connectivity index (χ1v) is 8.22. The lowest BCUT2D eigenvalue weighted by Crippen LogP contribution is -2.37. The number of amides is 1.